The zero-order chi connectivity index (χ0) is 39.8. The molecular formula is C40H45ClN8O6S. The number of rotatable bonds is 13. The zero-order valence-corrected chi connectivity index (χ0v) is 32.5. The Hall–Kier alpha value is -5.35. The molecule has 0 bridgehead atoms. The van der Waals surface area contributed by atoms with E-state index in [4.69, 9.17) is 27.5 Å². The standard InChI is InChI=1S/C20H24ClN3S.C20H21N5O6/c1-22-11-13-23(14-12-22)9-4-10-24-17-5-2-3-6-19(17)25-20-8-7-16(21)15-18(20)24;21-20-24-16-15(18(29)25-20)12(9-22-16)6-3-10-1-4-11(5-2-10)17(28)23-13(19(30)31)7-8-14(26)27/h2-3,5-8,15H,4,9-14H2,1H3;1-2,4-5,9,13H,3,6-8H2,(H,23,28)(H,26,27)(H,30,31)(H4,21,22,24,25,29)/t;13-/m.0/s1. The van der Waals surface area contributed by atoms with Crippen LogP contribution in [0.25, 0.3) is 11.0 Å². The fourth-order valence-corrected chi connectivity index (χ4v) is 8.00. The Kier molecular flexibility index (Phi) is 13.3. The van der Waals surface area contributed by atoms with Crippen molar-refractivity contribution in [1.29, 1.82) is 0 Å². The summed E-state index contributed by atoms with van der Waals surface area (Å²) in [6, 6.07) is 20.2. The van der Waals surface area contributed by atoms with Gasteiger partial charge in [0.2, 0.25) is 5.95 Å². The number of carboxylic acids is 2. The fraction of sp³-hybridized carbons (Fsp3) is 0.325. The van der Waals surface area contributed by atoms with Gasteiger partial charge in [0.25, 0.3) is 11.5 Å². The molecule has 0 radical (unpaired) electrons. The number of nitrogens with one attached hydrogen (secondary N) is 3. The average molecular weight is 801 g/mol. The fourth-order valence-electron chi connectivity index (χ4n) is 6.75. The number of carbonyl (C=O) groups excluding carboxylic acids is 1. The number of H-pyrrole nitrogens is 2. The topological polar surface area (TPSA) is 201 Å². The number of nitrogens with zero attached hydrogens (tertiary/aromatic N) is 4. The maximum Gasteiger partial charge on any atom is 0.326 e. The van der Waals surface area contributed by atoms with Gasteiger partial charge in [-0.25, -0.2) is 4.79 Å². The number of aromatic nitrogens is 3. The van der Waals surface area contributed by atoms with Gasteiger partial charge in [0.1, 0.15) is 11.7 Å². The number of nitrogen functional groups attached to an aromatic ring is 1. The van der Waals surface area contributed by atoms with E-state index in [2.05, 4.69) is 78.4 Å². The normalized spacial score (nSPS) is 14.6. The van der Waals surface area contributed by atoms with Crippen LogP contribution in [0.3, 0.4) is 0 Å². The quantitative estimate of drug-likeness (QED) is 0.0906. The Labute approximate surface area is 333 Å². The van der Waals surface area contributed by atoms with Crippen molar-refractivity contribution >= 4 is 69.6 Å². The number of anilines is 3. The molecule has 0 saturated carbocycles. The first-order valence-corrected chi connectivity index (χ1v) is 19.6. The SMILES string of the molecule is CN1CCN(CCCN2c3ccccc3Sc3ccc(Cl)cc32)CC1.Nc1nc2[nH]cc(CCc3ccc(C(=O)N[C@@H](CCC(=O)O)C(=O)O)cc3)c2c(=O)[nH]1. The Morgan fingerprint density at radius 1 is 0.964 bits per heavy atom. The third-order valence-electron chi connectivity index (χ3n) is 9.83. The molecule has 294 valence electrons. The molecular weight excluding hydrogens is 756 g/mol. The van der Waals surface area contributed by atoms with Crippen molar-refractivity contribution in [3.05, 3.63) is 105 Å². The summed E-state index contributed by atoms with van der Waals surface area (Å²) in [4.78, 5) is 65.8. The second-order valence-corrected chi connectivity index (χ2v) is 15.3. The second kappa shape index (κ2) is 18.5. The maximum absolute atomic E-state index is 12.3. The number of aryl methyl sites for hydroxylation is 2. The summed E-state index contributed by atoms with van der Waals surface area (Å²) < 4.78 is 0. The summed E-state index contributed by atoms with van der Waals surface area (Å²) >= 11 is 8.13. The molecule has 3 aromatic carbocycles. The van der Waals surface area contributed by atoms with Crippen LogP contribution < -0.4 is 21.5 Å². The predicted molar refractivity (Wildman–Crippen MR) is 218 cm³/mol. The van der Waals surface area contributed by atoms with E-state index in [1.54, 1.807) is 30.5 Å². The Bertz CT molecular complexity index is 2240. The van der Waals surface area contributed by atoms with E-state index in [1.807, 2.05) is 17.8 Å². The molecule has 0 aliphatic carbocycles. The van der Waals surface area contributed by atoms with Crippen LogP contribution in [0.15, 0.2) is 87.5 Å². The lowest BCUT2D eigenvalue weighted by Crippen LogP contribution is -2.45. The van der Waals surface area contributed by atoms with Crippen molar-refractivity contribution in [3.8, 4) is 0 Å². The molecule has 1 atom stereocenters. The van der Waals surface area contributed by atoms with Crippen molar-refractivity contribution in [2.45, 2.75) is 47.9 Å². The van der Waals surface area contributed by atoms with Crippen LogP contribution in [-0.2, 0) is 22.4 Å². The summed E-state index contributed by atoms with van der Waals surface area (Å²) in [6.07, 6.45) is 3.44. The number of carboxylic acid groups (broad SMARTS) is 2. The number of para-hydroxylation sites is 1. The molecule has 1 saturated heterocycles. The van der Waals surface area contributed by atoms with Crippen molar-refractivity contribution in [2.75, 3.05) is 56.9 Å². The number of aliphatic carboxylic acids is 2. The number of nitrogens with two attached hydrogens (primary N) is 1. The highest BCUT2D eigenvalue weighted by molar-refractivity contribution is 7.99. The number of piperazine rings is 1. The molecule has 7 rings (SSSR count). The lowest BCUT2D eigenvalue weighted by atomic mass is 10.0. The van der Waals surface area contributed by atoms with Gasteiger partial charge in [-0.15, -0.1) is 0 Å². The minimum absolute atomic E-state index is 0.0351. The molecule has 16 heteroatoms. The summed E-state index contributed by atoms with van der Waals surface area (Å²) in [5, 5.41) is 21.4. The molecule has 7 N–H and O–H groups in total. The first-order chi connectivity index (χ1) is 26.9. The second-order valence-electron chi connectivity index (χ2n) is 13.8. The minimum Gasteiger partial charge on any atom is -0.481 e. The third kappa shape index (κ3) is 10.3. The molecule has 1 amide bonds. The molecule has 4 heterocycles. The van der Waals surface area contributed by atoms with Gasteiger partial charge in [-0.3, -0.25) is 19.4 Å². The Morgan fingerprint density at radius 3 is 2.43 bits per heavy atom. The van der Waals surface area contributed by atoms with Crippen molar-refractivity contribution in [2.24, 2.45) is 0 Å². The molecule has 56 heavy (non-hydrogen) atoms. The highest BCUT2D eigenvalue weighted by atomic mass is 35.5. The van der Waals surface area contributed by atoms with E-state index in [-0.39, 0.29) is 29.9 Å². The van der Waals surface area contributed by atoms with Crippen LogP contribution in [0.1, 0.15) is 40.7 Å². The maximum atomic E-state index is 12.3. The lowest BCUT2D eigenvalue weighted by molar-refractivity contribution is -0.140. The number of hydrogen-bond donors (Lipinski definition) is 6. The number of fused-ring (bicyclic) bond motifs is 3. The van der Waals surface area contributed by atoms with Crippen molar-refractivity contribution < 1.29 is 24.6 Å². The molecule has 14 nitrogen and oxygen atoms in total. The van der Waals surface area contributed by atoms with Gasteiger partial charge in [0.05, 0.1) is 16.8 Å². The molecule has 2 aromatic heterocycles. The zero-order valence-electron chi connectivity index (χ0n) is 31.0. The lowest BCUT2D eigenvalue weighted by Gasteiger charge is -2.35. The van der Waals surface area contributed by atoms with Gasteiger partial charge >= 0.3 is 11.9 Å². The summed E-state index contributed by atoms with van der Waals surface area (Å²) in [5.74, 6) is -3.00. The van der Waals surface area contributed by atoms with Crippen LogP contribution in [-0.4, -0.2) is 105 Å². The molecule has 0 unspecified atom stereocenters. The van der Waals surface area contributed by atoms with Crippen molar-refractivity contribution in [3.63, 3.8) is 0 Å². The molecule has 1 fully saturated rings. The number of aromatic amines is 2. The highest BCUT2D eigenvalue weighted by Gasteiger charge is 2.24. The van der Waals surface area contributed by atoms with Crippen LogP contribution >= 0.6 is 23.4 Å². The first kappa shape index (κ1) is 40.3. The van der Waals surface area contributed by atoms with Crippen LogP contribution in [0.4, 0.5) is 17.3 Å². The smallest absolute Gasteiger partial charge is 0.326 e. The van der Waals surface area contributed by atoms with Gasteiger partial charge in [-0.2, -0.15) is 4.98 Å². The number of benzene rings is 3. The Morgan fingerprint density at radius 2 is 1.70 bits per heavy atom. The van der Waals surface area contributed by atoms with E-state index in [0.29, 0.717) is 23.9 Å². The summed E-state index contributed by atoms with van der Waals surface area (Å²) in [6.45, 7) is 6.92. The number of hydrogen-bond acceptors (Lipinski definition) is 10. The van der Waals surface area contributed by atoms with Gasteiger partial charge < -0.3 is 40.9 Å². The van der Waals surface area contributed by atoms with Gasteiger partial charge in [0, 0.05) is 65.7 Å². The van der Waals surface area contributed by atoms with Crippen LogP contribution in [0.5, 0.6) is 0 Å². The minimum atomic E-state index is -1.30. The van der Waals surface area contributed by atoms with E-state index in [9.17, 15) is 19.2 Å². The molecule has 2 aliphatic heterocycles. The van der Waals surface area contributed by atoms with Crippen LogP contribution in [0.2, 0.25) is 5.02 Å². The molecule has 2 aliphatic rings. The monoisotopic (exact) mass is 800 g/mol. The van der Waals surface area contributed by atoms with Gasteiger partial charge in [-0.05, 0) is 92.9 Å². The van der Waals surface area contributed by atoms with E-state index in [1.165, 1.54) is 47.3 Å². The van der Waals surface area contributed by atoms with Crippen molar-refractivity contribution in [1.82, 2.24) is 30.1 Å². The highest BCUT2D eigenvalue weighted by Crippen LogP contribution is 2.48. The third-order valence-corrected chi connectivity index (χ3v) is 11.2. The van der Waals surface area contributed by atoms with E-state index in [0.717, 1.165) is 35.7 Å². The number of carbonyl (C=O) groups is 3. The largest absolute Gasteiger partial charge is 0.481 e. The van der Waals surface area contributed by atoms with E-state index >= 15 is 0 Å². The summed E-state index contributed by atoms with van der Waals surface area (Å²) in [5.41, 5.74) is 10.1. The summed E-state index contributed by atoms with van der Waals surface area (Å²) in [7, 11) is 2.21. The number of likely N-dealkylation sites (N-methyl/N-ethyl adjacent to an activating group) is 1. The van der Waals surface area contributed by atoms with Crippen LogP contribution in [0, 0.1) is 0 Å². The number of amides is 1. The van der Waals surface area contributed by atoms with Gasteiger partial charge in [-0.1, -0.05) is 47.6 Å². The Balaban J connectivity index is 0.000000194. The first-order valence-electron chi connectivity index (χ1n) is 18.4. The van der Waals surface area contributed by atoms with E-state index < -0.39 is 23.9 Å². The molecule has 0 spiro atoms. The van der Waals surface area contributed by atoms with Gasteiger partial charge in [0.15, 0.2) is 0 Å². The number of halogens is 1. The predicted octanol–water partition coefficient (Wildman–Crippen LogP) is 5.25. The molecule has 5 aromatic rings. The average Bonchev–Trinajstić information content (AvgIpc) is 3.59.